The number of ether oxygens (including phenoxy) is 1. The van der Waals surface area contributed by atoms with Crippen molar-refractivity contribution in [2.24, 2.45) is 0 Å². The summed E-state index contributed by atoms with van der Waals surface area (Å²) in [6.45, 7) is 1.90. The molecule has 1 aromatic rings. The molecule has 0 bridgehead atoms. The summed E-state index contributed by atoms with van der Waals surface area (Å²) in [5.74, 6) is 0.384. The SMILES string of the molecule is CCc1c(F)ccc(Br)c1OC. The van der Waals surface area contributed by atoms with E-state index in [2.05, 4.69) is 15.9 Å². The summed E-state index contributed by atoms with van der Waals surface area (Å²) in [4.78, 5) is 0. The van der Waals surface area contributed by atoms with Gasteiger partial charge >= 0.3 is 0 Å². The van der Waals surface area contributed by atoms with Crippen LogP contribution in [0.2, 0.25) is 0 Å². The van der Waals surface area contributed by atoms with Crippen molar-refractivity contribution in [1.29, 1.82) is 0 Å². The fourth-order valence-corrected chi connectivity index (χ4v) is 1.66. The molecule has 12 heavy (non-hydrogen) atoms. The van der Waals surface area contributed by atoms with Crippen LogP contribution < -0.4 is 4.74 Å². The van der Waals surface area contributed by atoms with E-state index >= 15 is 0 Å². The molecule has 1 nitrogen and oxygen atoms in total. The summed E-state index contributed by atoms with van der Waals surface area (Å²) in [6.07, 6.45) is 0.633. The first-order valence-electron chi connectivity index (χ1n) is 3.71. The minimum atomic E-state index is -0.211. The minimum absolute atomic E-state index is 0.211. The number of hydrogen-bond acceptors (Lipinski definition) is 1. The van der Waals surface area contributed by atoms with Gasteiger partial charge in [0.25, 0.3) is 0 Å². The lowest BCUT2D eigenvalue weighted by atomic mass is 10.1. The Morgan fingerprint density at radius 1 is 1.50 bits per heavy atom. The molecule has 1 rings (SSSR count). The van der Waals surface area contributed by atoms with Crippen LogP contribution in [0.3, 0.4) is 0 Å². The summed E-state index contributed by atoms with van der Waals surface area (Å²) < 4.78 is 19.0. The second-order valence-corrected chi connectivity index (χ2v) is 3.25. The number of rotatable bonds is 2. The third-order valence-electron chi connectivity index (χ3n) is 1.71. The Labute approximate surface area is 79.7 Å². The van der Waals surface area contributed by atoms with Crippen molar-refractivity contribution in [2.75, 3.05) is 7.11 Å². The largest absolute Gasteiger partial charge is 0.495 e. The average molecular weight is 233 g/mol. The van der Waals surface area contributed by atoms with Gasteiger partial charge in [-0.05, 0) is 34.5 Å². The van der Waals surface area contributed by atoms with Gasteiger partial charge in [-0.3, -0.25) is 0 Å². The van der Waals surface area contributed by atoms with Gasteiger partial charge in [0, 0.05) is 5.56 Å². The van der Waals surface area contributed by atoms with Crippen LogP contribution in [0.25, 0.3) is 0 Å². The summed E-state index contributed by atoms with van der Waals surface area (Å²) in [7, 11) is 1.54. The molecule has 0 N–H and O–H groups in total. The molecular formula is C9H10BrFO. The molecule has 0 saturated heterocycles. The fourth-order valence-electron chi connectivity index (χ4n) is 1.13. The zero-order chi connectivity index (χ0) is 9.14. The van der Waals surface area contributed by atoms with E-state index in [1.54, 1.807) is 13.2 Å². The lowest BCUT2D eigenvalue weighted by molar-refractivity contribution is 0.402. The Bertz CT molecular complexity index is 257. The molecule has 66 valence electrons. The van der Waals surface area contributed by atoms with Gasteiger partial charge in [-0.15, -0.1) is 0 Å². The molecule has 1 aromatic carbocycles. The third-order valence-corrected chi connectivity index (χ3v) is 2.34. The molecule has 0 aliphatic carbocycles. The summed E-state index contributed by atoms with van der Waals surface area (Å²) >= 11 is 3.29. The van der Waals surface area contributed by atoms with E-state index in [-0.39, 0.29) is 5.82 Å². The van der Waals surface area contributed by atoms with Crippen molar-refractivity contribution < 1.29 is 9.13 Å². The molecule has 0 amide bonds. The second kappa shape index (κ2) is 3.90. The van der Waals surface area contributed by atoms with Crippen molar-refractivity contribution in [1.82, 2.24) is 0 Å². The Morgan fingerprint density at radius 2 is 2.17 bits per heavy atom. The minimum Gasteiger partial charge on any atom is -0.495 e. The Kier molecular flexibility index (Phi) is 3.09. The van der Waals surface area contributed by atoms with Crippen molar-refractivity contribution >= 4 is 15.9 Å². The smallest absolute Gasteiger partial charge is 0.139 e. The highest BCUT2D eigenvalue weighted by atomic mass is 79.9. The highest BCUT2D eigenvalue weighted by Gasteiger charge is 2.10. The van der Waals surface area contributed by atoms with Gasteiger partial charge in [-0.2, -0.15) is 0 Å². The molecule has 0 heterocycles. The summed E-state index contributed by atoms with van der Waals surface area (Å²) in [5, 5.41) is 0. The Balaban J connectivity index is 3.28. The molecule has 0 radical (unpaired) electrons. The second-order valence-electron chi connectivity index (χ2n) is 2.39. The van der Waals surface area contributed by atoms with Gasteiger partial charge in [0.05, 0.1) is 11.6 Å². The maximum absolute atomic E-state index is 13.1. The van der Waals surface area contributed by atoms with Gasteiger partial charge in [-0.25, -0.2) is 4.39 Å². The summed E-state index contributed by atoms with van der Waals surface area (Å²) in [5.41, 5.74) is 0.617. The molecule has 0 unspecified atom stereocenters. The molecule has 0 fully saturated rings. The lowest BCUT2D eigenvalue weighted by Crippen LogP contribution is -1.95. The number of halogens is 2. The van der Waals surface area contributed by atoms with Crippen molar-refractivity contribution in [3.8, 4) is 5.75 Å². The number of methoxy groups -OCH3 is 1. The zero-order valence-electron chi connectivity index (χ0n) is 7.03. The van der Waals surface area contributed by atoms with Crippen LogP contribution in [0.5, 0.6) is 5.75 Å². The van der Waals surface area contributed by atoms with Crippen LogP contribution in [-0.2, 0) is 6.42 Å². The van der Waals surface area contributed by atoms with Crippen LogP contribution in [-0.4, -0.2) is 7.11 Å². The van der Waals surface area contributed by atoms with E-state index in [4.69, 9.17) is 4.74 Å². The van der Waals surface area contributed by atoms with E-state index in [9.17, 15) is 4.39 Å². The van der Waals surface area contributed by atoms with E-state index < -0.39 is 0 Å². The predicted octanol–water partition coefficient (Wildman–Crippen LogP) is 3.16. The fraction of sp³-hybridized carbons (Fsp3) is 0.333. The van der Waals surface area contributed by atoms with E-state index in [1.165, 1.54) is 6.07 Å². The first kappa shape index (κ1) is 9.52. The van der Waals surface area contributed by atoms with Gasteiger partial charge in [0.1, 0.15) is 11.6 Å². The molecule has 0 aliphatic rings. The monoisotopic (exact) mass is 232 g/mol. The highest BCUT2D eigenvalue weighted by Crippen LogP contribution is 2.30. The predicted molar refractivity (Wildman–Crippen MR) is 50.0 cm³/mol. The van der Waals surface area contributed by atoms with Crippen LogP contribution in [0.4, 0.5) is 4.39 Å². The van der Waals surface area contributed by atoms with E-state index in [1.807, 2.05) is 6.92 Å². The van der Waals surface area contributed by atoms with Crippen LogP contribution in [0.15, 0.2) is 16.6 Å². The van der Waals surface area contributed by atoms with Crippen LogP contribution in [0, 0.1) is 5.82 Å². The average Bonchev–Trinajstić information content (AvgIpc) is 2.08. The maximum Gasteiger partial charge on any atom is 0.139 e. The van der Waals surface area contributed by atoms with Gasteiger partial charge < -0.3 is 4.74 Å². The van der Waals surface area contributed by atoms with Gasteiger partial charge in [-0.1, -0.05) is 6.92 Å². The van der Waals surface area contributed by atoms with Crippen molar-refractivity contribution in [2.45, 2.75) is 13.3 Å². The summed E-state index contributed by atoms with van der Waals surface area (Å²) in [6, 6.07) is 3.08. The Hall–Kier alpha value is -0.570. The highest BCUT2D eigenvalue weighted by molar-refractivity contribution is 9.10. The first-order valence-corrected chi connectivity index (χ1v) is 4.50. The van der Waals surface area contributed by atoms with Gasteiger partial charge in [0.15, 0.2) is 0 Å². The molecule has 0 saturated carbocycles. The van der Waals surface area contributed by atoms with Crippen molar-refractivity contribution in [3.63, 3.8) is 0 Å². The maximum atomic E-state index is 13.1. The van der Waals surface area contributed by atoms with E-state index in [0.29, 0.717) is 17.7 Å². The number of hydrogen-bond donors (Lipinski definition) is 0. The lowest BCUT2D eigenvalue weighted by Gasteiger charge is -2.09. The normalized spacial score (nSPS) is 10.0. The zero-order valence-corrected chi connectivity index (χ0v) is 8.61. The Morgan fingerprint density at radius 3 is 2.58 bits per heavy atom. The molecule has 0 spiro atoms. The number of benzene rings is 1. The molecular weight excluding hydrogens is 223 g/mol. The first-order chi connectivity index (χ1) is 5.70. The molecule has 0 aromatic heterocycles. The topological polar surface area (TPSA) is 9.23 Å². The van der Waals surface area contributed by atoms with Crippen molar-refractivity contribution in [3.05, 3.63) is 28.0 Å². The van der Waals surface area contributed by atoms with Crippen LogP contribution in [0.1, 0.15) is 12.5 Å². The molecule has 3 heteroatoms. The third kappa shape index (κ3) is 1.61. The van der Waals surface area contributed by atoms with Gasteiger partial charge in [0.2, 0.25) is 0 Å². The molecule has 0 aliphatic heterocycles. The quantitative estimate of drug-likeness (QED) is 0.762. The standard InChI is InChI=1S/C9H10BrFO/c1-3-6-8(11)5-4-7(10)9(6)12-2/h4-5H,3H2,1-2H3. The molecule has 0 atom stereocenters. The van der Waals surface area contributed by atoms with Crippen LogP contribution >= 0.6 is 15.9 Å². The van der Waals surface area contributed by atoms with E-state index in [0.717, 1.165) is 4.47 Å².